The molecule has 1 N–H and O–H groups in total. The molecule has 0 unspecified atom stereocenters. The third-order valence-corrected chi connectivity index (χ3v) is 3.46. The molecule has 0 radical (unpaired) electrons. The molecule has 0 amide bonds. The van der Waals surface area contributed by atoms with Gasteiger partial charge in [0.25, 0.3) is 0 Å². The lowest BCUT2D eigenvalue weighted by Gasteiger charge is -2.05. The van der Waals surface area contributed by atoms with Crippen molar-refractivity contribution in [1.82, 2.24) is 30.4 Å². The Morgan fingerprint density at radius 3 is 2.70 bits per heavy atom. The van der Waals surface area contributed by atoms with Crippen molar-refractivity contribution in [2.24, 2.45) is 0 Å². The van der Waals surface area contributed by atoms with E-state index in [1.54, 1.807) is 23.0 Å². The van der Waals surface area contributed by atoms with E-state index in [1.807, 2.05) is 30.3 Å². The van der Waals surface area contributed by atoms with Crippen molar-refractivity contribution >= 4 is 0 Å². The Hall–Kier alpha value is -3.35. The summed E-state index contributed by atoms with van der Waals surface area (Å²) in [6.07, 6.45) is 1.63. The molecule has 0 bridgehead atoms. The summed E-state index contributed by atoms with van der Waals surface area (Å²) in [5.74, 6) is 0.218. The lowest BCUT2D eigenvalue weighted by atomic mass is 10.1. The number of benzene rings is 2. The number of halogens is 1. The second-order valence-corrected chi connectivity index (χ2v) is 4.92. The number of H-pyrrole nitrogens is 1. The average Bonchev–Trinajstić information content (AvgIpc) is 3.24. The standard InChI is InChI=1S/C16H11FN6/c17-12-6-4-5-11(9-12)15-14(10-18-19-15)16-20-21-22-23(16)13-7-2-1-3-8-13/h1-10H,(H,18,19). The molecule has 2 aromatic carbocycles. The maximum absolute atomic E-state index is 13.5. The molecule has 23 heavy (non-hydrogen) atoms. The molecule has 112 valence electrons. The minimum absolute atomic E-state index is 0.314. The second-order valence-electron chi connectivity index (χ2n) is 4.92. The number of tetrazole rings is 1. The molecule has 0 aliphatic rings. The number of nitrogens with one attached hydrogen (secondary N) is 1. The summed E-state index contributed by atoms with van der Waals surface area (Å²) in [4.78, 5) is 0. The Labute approximate surface area is 130 Å². The molecule has 0 spiro atoms. The summed E-state index contributed by atoms with van der Waals surface area (Å²) in [7, 11) is 0. The summed E-state index contributed by atoms with van der Waals surface area (Å²) in [5, 5.41) is 18.8. The van der Waals surface area contributed by atoms with Crippen LogP contribution >= 0.6 is 0 Å². The number of para-hydroxylation sites is 1. The van der Waals surface area contributed by atoms with E-state index in [2.05, 4.69) is 25.7 Å². The van der Waals surface area contributed by atoms with Gasteiger partial charge in [0.2, 0.25) is 0 Å². The van der Waals surface area contributed by atoms with Crippen LogP contribution in [0.15, 0.2) is 60.8 Å². The Morgan fingerprint density at radius 1 is 1.00 bits per heavy atom. The van der Waals surface area contributed by atoms with E-state index in [0.29, 0.717) is 22.6 Å². The zero-order valence-electron chi connectivity index (χ0n) is 11.9. The summed E-state index contributed by atoms with van der Waals surface area (Å²) in [6, 6.07) is 15.8. The van der Waals surface area contributed by atoms with Crippen LogP contribution in [0.2, 0.25) is 0 Å². The van der Waals surface area contributed by atoms with Crippen molar-refractivity contribution in [1.29, 1.82) is 0 Å². The minimum atomic E-state index is -0.314. The molecule has 4 rings (SSSR count). The maximum Gasteiger partial charge on any atom is 0.190 e. The Kier molecular flexibility index (Phi) is 3.16. The maximum atomic E-state index is 13.5. The first-order chi connectivity index (χ1) is 11.3. The number of nitrogens with zero attached hydrogens (tertiary/aromatic N) is 5. The summed E-state index contributed by atoms with van der Waals surface area (Å²) >= 11 is 0. The van der Waals surface area contributed by atoms with Gasteiger partial charge in [-0.15, -0.1) is 5.10 Å². The van der Waals surface area contributed by atoms with E-state index in [1.165, 1.54) is 12.1 Å². The Bertz CT molecular complexity index is 944. The highest BCUT2D eigenvalue weighted by Crippen LogP contribution is 2.29. The fraction of sp³-hybridized carbons (Fsp3) is 0. The normalized spacial score (nSPS) is 10.8. The highest BCUT2D eigenvalue weighted by atomic mass is 19.1. The van der Waals surface area contributed by atoms with Gasteiger partial charge in [0.05, 0.1) is 23.1 Å². The van der Waals surface area contributed by atoms with Crippen LogP contribution in [-0.2, 0) is 0 Å². The van der Waals surface area contributed by atoms with Crippen molar-refractivity contribution in [2.45, 2.75) is 0 Å². The van der Waals surface area contributed by atoms with Crippen LogP contribution in [0.5, 0.6) is 0 Å². The summed E-state index contributed by atoms with van der Waals surface area (Å²) < 4.78 is 15.1. The summed E-state index contributed by atoms with van der Waals surface area (Å²) in [5.41, 5.74) is 2.87. The van der Waals surface area contributed by atoms with Crippen molar-refractivity contribution in [3.8, 4) is 28.3 Å². The van der Waals surface area contributed by atoms with Crippen molar-refractivity contribution in [3.63, 3.8) is 0 Å². The van der Waals surface area contributed by atoms with E-state index in [9.17, 15) is 4.39 Å². The number of aromatic amines is 1. The molecule has 0 atom stereocenters. The van der Waals surface area contributed by atoms with Gasteiger partial charge in [-0.05, 0) is 34.7 Å². The van der Waals surface area contributed by atoms with E-state index in [0.717, 1.165) is 5.69 Å². The molecule has 6 nitrogen and oxygen atoms in total. The van der Waals surface area contributed by atoms with Gasteiger partial charge in [-0.2, -0.15) is 9.78 Å². The predicted octanol–water partition coefficient (Wildman–Crippen LogP) is 2.86. The first kappa shape index (κ1) is 13.3. The van der Waals surface area contributed by atoms with Crippen molar-refractivity contribution in [2.75, 3.05) is 0 Å². The Balaban J connectivity index is 1.86. The third kappa shape index (κ3) is 2.38. The number of hydrogen-bond acceptors (Lipinski definition) is 4. The molecular weight excluding hydrogens is 295 g/mol. The average molecular weight is 306 g/mol. The molecule has 2 heterocycles. The monoisotopic (exact) mass is 306 g/mol. The van der Waals surface area contributed by atoms with Gasteiger partial charge >= 0.3 is 0 Å². The van der Waals surface area contributed by atoms with Gasteiger partial charge in [0.1, 0.15) is 5.82 Å². The van der Waals surface area contributed by atoms with Crippen molar-refractivity contribution in [3.05, 3.63) is 66.6 Å². The van der Waals surface area contributed by atoms with E-state index >= 15 is 0 Å². The zero-order chi connectivity index (χ0) is 15.6. The molecule has 0 saturated heterocycles. The van der Waals surface area contributed by atoms with Gasteiger partial charge in [0.15, 0.2) is 5.82 Å². The molecule has 0 aliphatic heterocycles. The Morgan fingerprint density at radius 2 is 1.87 bits per heavy atom. The van der Waals surface area contributed by atoms with Crippen LogP contribution in [0.4, 0.5) is 4.39 Å². The van der Waals surface area contributed by atoms with Gasteiger partial charge in [-0.1, -0.05) is 30.3 Å². The fourth-order valence-corrected chi connectivity index (χ4v) is 2.42. The largest absolute Gasteiger partial charge is 0.277 e. The van der Waals surface area contributed by atoms with Crippen LogP contribution < -0.4 is 0 Å². The van der Waals surface area contributed by atoms with Gasteiger partial charge in [-0.3, -0.25) is 5.10 Å². The SMILES string of the molecule is Fc1cccc(-c2[nH]ncc2-c2nnnn2-c2ccccc2)c1. The van der Waals surface area contributed by atoms with Gasteiger partial charge in [-0.25, -0.2) is 4.39 Å². The first-order valence-corrected chi connectivity index (χ1v) is 6.96. The smallest absolute Gasteiger partial charge is 0.190 e. The zero-order valence-corrected chi connectivity index (χ0v) is 11.9. The lowest BCUT2D eigenvalue weighted by Crippen LogP contribution is -1.99. The minimum Gasteiger partial charge on any atom is -0.277 e. The van der Waals surface area contributed by atoms with Crippen LogP contribution in [0, 0.1) is 5.82 Å². The highest BCUT2D eigenvalue weighted by molar-refractivity contribution is 5.77. The van der Waals surface area contributed by atoms with Gasteiger partial charge in [0, 0.05) is 5.56 Å². The molecule has 0 saturated carbocycles. The molecule has 4 aromatic rings. The number of rotatable bonds is 3. The van der Waals surface area contributed by atoms with Gasteiger partial charge < -0.3 is 0 Å². The third-order valence-electron chi connectivity index (χ3n) is 3.46. The number of aromatic nitrogens is 6. The second kappa shape index (κ2) is 5.45. The van der Waals surface area contributed by atoms with E-state index in [-0.39, 0.29) is 5.82 Å². The van der Waals surface area contributed by atoms with Crippen LogP contribution in [0.1, 0.15) is 0 Å². The first-order valence-electron chi connectivity index (χ1n) is 6.96. The molecule has 0 fully saturated rings. The highest BCUT2D eigenvalue weighted by Gasteiger charge is 2.17. The molecule has 0 aliphatic carbocycles. The molecule has 7 heteroatoms. The van der Waals surface area contributed by atoms with Crippen LogP contribution in [-0.4, -0.2) is 30.4 Å². The molecule has 2 aromatic heterocycles. The predicted molar refractivity (Wildman–Crippen MR) is 82.1 cm³/mol. The van der Waals surface area contributed by atoms with E-state index in [4.69, 9.17) is 0 Å². The quantitative estimate of drug-likeness (QED) is 0.631. The number of hydrogen-bond donors (Lipinski definition) is 1. The van der Waals surface area contributed by atoms with Crippen LogP contribution in [0.25, 0.3) is 28.3 Å². The van der Waals surface area contributed by atoms with Crippen molar-refractivity contribution < 1.29 is 4.39 Å². The molecular formula is C16H11FN6. The fourth-order valence-electron chi connectivity index (χ4n) is 2.42. The van der Waals surface area contributed by atoms with Crippen LogP contribution in [0.3, 0.4) is 0 Å². The summed E-state index contributed by atoms with van der Waals surface area (Å²) in [6.45, 7) is 0. The lowest BCUT2D eigenvalue weighted by molar-refractivity contribution is 0.628. The van der Waals surface area contributed by atoms with E-state index < -0.39 is 0 Å². The topological polar surface area (TPSA) is 72.3 Å².